The zero-order valence-electron chi connectivity index (χ0n) is 11.4. The highest BCUT2D eigenvalue weighted by Gasteiger charge is 2.21. The number of hydrogen-bond acceptors (Lipinski definition) is 5. The second kappa shape index (κ2) is 6.40. The molecule has 106 valence electrons. The molecular formula is C15H18N2O3. The monoisotopic (exact) mass is 274 g/mol. The SMILES string of the molecule is COC(=O)c1cc(C#N)ccc1NC1CCC(O)CC1. The molecule has 0 aliphatic heterocycles. The van der Waals surface area contributed by atoms with Crippen LogP contribution in [0.15, 0.2) is 18.2 Å². The maximum absolute atomic E-state index is 11.8. The number of nitriles is 1. The minimum atomic E-state index is -0.458. The van der Waals surface area contributed by atoms with Crippen LogP contribution in [-0.2, 0) is 4.74 Å². The van der Waals surface area contributed by atoms with Crippen LogP contribution in [0.4, 0.5) is 5.69 Å². The van der Waals surface area contributed by atoms with Gasteiger partial charge in [0.2, 0.25) is 0 Å². The number of hydrogen-bond donors (Lipinski definition) is 2. The van der Waals surface area contributed by atoms with Crippen molar-refractivity contribution in [1.29, 1.82) is 5.26 Å². The van der Waals surface area contributed by atoms with Crippen molar-refractivity contribution in [2.24, 2.45) is 0 Å². The molecule has 1 aliphatic rings. The lowest BCUT2D eigenvalue weighted by molar-refractivity contribution is 0.0601. The molecule has 0 amide bonds. The highest BCUT2D eigenvalue weighted by atomic mass is 16.5. The van der Waals surface area contributed by atoms with Gasteiger partial charge in [-0.05, 0) is 43.9 Å². The average Bonchev–Trinajstić information content (AvgIpc) is 2.49. The fourth-order valence-corrected chi connectivity index (χ4v) is 2.46. The maximum atomic E-state index is 11.8. The van der Waals surface area contributed by atoms with E-state index in [1.807, 2.05) is 6.07 Å². The van der Waals surface area contributed by atoms with Crippen molar-refractivity contribution in [1.82, 2.24) is 0 Å². The molecule has 5 nitrogen and oxygen atoms in total. The molecule has 0 aromatic heterocycles. The van der Waals surface area contributed by atoms with Crippen LogP contribution in [0.25, 0.3) is 0 Å². The first-order chi connectivity index (χ1) is 9.63. The summed E-state index contributed by atoms with van der Waals surface area (Å²) in [4.78, 5) is 11.8. The van der Waals surface area contributed by atoms with E-state index in [4.69, 9.17) is 10.00 Å². The first-order valence-corrected chi connectivity index (χ1v) is 6.71. The summed E-state index contributed by atoms with van der Waals surface area (Å²) in [7, 11) is 1.32. The number of nitrogens with zero attached hydrogens (tertiary/aromatic N) is 1. The topological polar surface area (TPSA) is 82.4 Å². The molecule has 0 heterocycles. The quantitative estimate of drug-likeness (QED) is 0.824. The van der Waals surface area contributed by atoms with Crippen LogP contribution >= 0.6 is 0 Å². The van der Waals surface area contributed by atoms with Crippen LogP contribution in [-0.4, -0.2) is 30.3 Å². The van der Waals surface area contributed by atoms with E-state index in [-0.39, 0.29) is 12.1 Å². The van der Waals surface area contributed by atoms with Crippen molar-refractivity contribution in [3.63, 3.8) is 0 Å². The van der Waals surface area contributed by atoms with Crippen molar-refractivity contribution in [2.75, 3.05) is 12.4 Å². The van der Waals surface area contributed by atoms with Gasteiger partial charge < -0.3 is 15.2 Å². The zero-order chi connectivity index (χ0) is 14.5. The Bertz CT molecular complexity index is 528. The summed E-state index contributed by atoms with van der Waals surface area (Å²) in [5.41, 5.74) is 1.48. The molecule has 1 aromatic carbocycles. The van der Waals surface area contributed by atoms with Crippen LogP contribution in [0.1, 0.15) is 41.6 Å². The Balaban J connectivity index is 2.18. The number of nitrogens with one attached hydrogen (secondary N) is 1. The first-order valence-electron chi connectivity index (χ1n) is 6.71. The van der Waals surface area contributed by atoms with E-state index in [1.165, 1.54) is 13.2 Å². The van der Waals surface area contributed by atoms with Crippen molar-refractivity contribution in [3.05, 3.63) is 29.3 Å². The van der Waals surface area contributed by atoms with Crippen molar-refractivity contribution < 1.29 is 14.6 Å². The summed E-state index contributed by atoms with van der Waals surface area (Å²) in [6.07, 6.45) is 3.04. The predicted molar refractivity (Wildman–Crippen MR) is 74.4 cm³/mol. The van der Waals surface area contributed by atoms with Gasteiger partial charge in [0.15, 0.2) is 0 Å². The molecule has 0 saturated heterocycles. The summed E-state index contributed by atoms with van der Waals surface area (Å²) in [5.74, 6) is -0.458. The third kappa shape index (κ3) is 3.28. The molecule has 0 unspecified atom stereocenters. The maximum Gasteiger partial charge on any atom is 0.340 e. The molecule has 5 heteroatoms. The second-order valence-electron chi connectivity index (χ2n) is 5.01. The third-order valence-electron chi connectivity index (χ3n) is 3.61. The Morgan fingerprint density at radius 1 is 1.40 bits per heavy atom. The van der Waals surface area contributed by atoms with E-state index < -0.39 is 5.97 Å². The van der Waals surface area contributed by atoms with Gasteiger partial charge in [0.1, 0.15) is 0 Å². The summed E-state index contributed by atoms with van der Waals surface area (Å²) in [6, 6.07) is 7.18. The molecule has 20 heavy (non-hydrogen) atoms. The highest BCUT2D eigenvalue weighted by molar-refractivity contribution is 5.96. The molecule has 1 aromatic rings. The number of aliphatic hydroxyl groups is 1. The summed E-state index contributed by atoms with van der Waals surface area (Å²) in [6.45, 7) is 0. The number of anilines is 1. The van der Waals surface area contributed by atoms with Crippen molar-refractivity contribution >= 4 is 11.7 Å². The summed E-state index contributed by atoms with van der Waals surface area (Å²) < 4.78 is 4.75. The number of ether oxygens (including phenoxy) is 1. The lowest BCUT2D eigenvalue weighted by Gasteiger charge is -2.27. The minimum absolute atomic E-state index is 0.214. The number of methoxy groups -OCH3 is 1. The van der Waals surface area contributed by atoms with E-state index in [0.29, 0.717) is 16.8 Å². The molecule has 2 rings (SSSR count). The standard InChI is InChI=1S/C15H18N2O3/c1-20-15(19)13-8-10(9-16)2-7-14(13)17-11-3-5-12(18)6-4-11/h2,7-8,11-12,17-18H,3-6H2,1H3. The number of carbonyl (C=O) groups excluding carboxylic acids is 1. The first kappa shape index (κ1) is 14.4. The van der Waals surface area contributed by atoms with Crippen LogP contribution in [0.2, 0.25) is 0 Å². The summed E-state index contributed by atoms with van der Waals surface area (Å²) in [5, 5.41) is 21.7. The van der Waals surface area contributed by atoms with E-state index in [2.05, 4.69) is 5.32 Å². The van der Waals surface area contributed by atoms with Gasteiger partial charge in [-0.15, -0.1) is 0 Å². The fraction of sp³-hybridized carbons (Fsp3) is 0.467. The van der Waals surface area contributed by atoms with Crippen LogP contribution < -0.4 is 5.32 Å². The normalized spacial score (nSPS) is 21.9. The Morgan fingerprint density at radius 3 is 2.70 bits per heavy atom. The van der Waals surface area contributed by atoms with Gasteiger partial charge in [0.25, 0.3) is 0 Å². The fourth-order valence-electron chi connectivity index (χ4n) is 2.46. The molecule has 0 spiro atoms. The van der Waals surface area contributed by atoms with Gasteiger partial charge in [-0.3, -0.25) is 0 Å². The molecule has 0 radical (unpaired) electrons. The van der Waals surface area contributed by atoms with Crippen LogP contribution in [0, 0.1) is 11.3 Å². The molecule has 2 N–H and O–H groups in total. The Morgan fingerprint density at radius 2 is 2.10 bits per heavy atom. The molecule has 1 aliphatic carbocycles. The minimum Gasteiger partial charge on any atom is -0.465 e. The molecule has 1 fully saturated rings. The smallest absolute Gasteiger partial charge is 0.340 e. The molecular weight excluding hydrogens is 256 g/mol. The highest BCUT2D eigenvalue weighted by Crippen LogP contribution is 2.25. The Kier molecular flexibility index (Phi) is 4.59. The second-order valence-corrected chi connectivity index (χ2v) is 5.01. The number of rotatable bonds is 3. The van der Waals surface area contributed by atoms with Gasteiger partial charge in [0, 0.05) is 11.7 Å². The largest absolute Gasteiger partial charge is 0.465 e. The Labute approximate surface area is 118 Å². The number of benzene rings is 1. The van der Waals surface area contributed by atoms with Crippen LogP contribution in [0.3, 0.4) is 0 Å². The third-order valence-corrected chi connectivity index (χ3v) is 3.61. The zero-order valence-corrected chi connectivity index (χ0v) is 11.4. The van der Waals surface area contributed by atoms with E-state index in [0.717, 1.165) is 25.7 Å². The van der Waals surface area contributed by atoms with Gasteiger partial charge in [-0.2, -0.15) is 5.26 Å². The number of aliphatic hydroxyl groups excluding tert-OH is 1. The molecule has 0 bridgehead atoms. The van der Waals surface area contributed by atoms with Crippen molar-refractivity contribution in [2.45, 2.75) is 37.8 Å². The number of carbonyl (C=O) groups is 1. The lowest BCUT2D eigenvalue weighted by atomic mass is 9.92. The van der Waals surface area contributed by atoms with Gasteiger partial charge in [-0.25, -0.2) is 4.79 Å². The molecule has 0 atom stereocenters. The lowest BCUT2D eigenvalue weighted by Crippen LogP contribution is -2.28. The number of esters is 1. The van der Waals surface area contributed by atoms with E-state index in [1.54, 1.807) is 12.1 Å². The van der Waals surface area contributed by atoms with Gasteiger partial charge in [-0.1, -0.05) is 0 Å². The van der Waals surface area contributed by atoms with E-state index >= 15 is 0 Å². The van der Waals surface area contributed by atoms with Crippen molar-refractivity contribution in [3.8, 4) is 6.07 Å². The van der Waals surface area contributed by atoms with E-state index in [9.17, 15) is 9.90 Å². The van der Waals surface area contributed by atoms with Crippen LogP contribution in [0.5, 0.6) is 0 Å². The predicted octanol–water partition coefficient (Wildman–Crippen LogP) is 2.06. The average molecular weight is 274 g/mol. The van der Waals surface area contributed by atoms with Gasteiger partial charge >= 0.3 is 5.97 Å². The summed E-state index contributed by atoms with van der Waals surface area (Å²) >= 11 is 0. The Hall–Kier alpha value is -2.06. The molecule has 1 saturated carbocycles. The van der Waals surface area contributed by atoms with Gasteiger partial charge in [0.05, 0.1) is 30.4 Å².